The maximum atomic E-state index is 12.2. The molecule has 0 spiro atoms. The Labute approximate surface area is 174 Å². The number of amides is 1. The zero-order valence-corrected chi connectivity index (χ0v) is 16.7. The number of nitrogens with one attached hydrogen (secondary N) is 1. The van der Waals surface area contributed by atoms with Crippen molar-refractivity contribution < 1.29 is 14.3 Å². The third-order valence-corrected chi connectivity index (χ3v) is 4.70. The minimum atomic E-state index is -0.345. The first-order valence-electron chi connectivity index (χ1n) is 9.83. The first-order valence-corrected chi connectivity index (χ1v) is 9.83. The fourth-order valence-electron chi connectivity index (χ4n) is 3.38. The smallest absolute Gasteiger partial charge is 0.277 e. The molecule has 0 saturated heterocycles. The van der Waals surface area contributed by atoms with Gasteiger partial charge in [0.15, 0.2) is 18.1 Å². The van der Waals surface area contributed by atoms with E-state index in [2.05, 4.69) is 40.9 Å². The van der Waals surface area contributed by atoms with Crippen LogP contribution in [-0.2, 0) is 4.79 Å². The number of carbonyl (C=O) groups excluding carboxylic acids is 1. The fraction of sp³-hybridized carbons (Fsp3) is 0.120. The van der Waals surface area contributed by atoms with E-state index in [1.165, 1.54) is 0 Å². The Bertz CT molecular complexity index is 1160. The molecular formula is C25H22N2O3. The van der Waals surface area contributed by atoms with Gasteiger partial charge in [0.1, 0.15) is 0 Å². The highest BCUT2D eigenvalue weighted by Gasteiger charge is 2.08. The van der Waals surface area contributed by atoms with Crippen molar-refractivity contribution in [3.05, 3.63) is 84.4 Å². The summed E-state index contributed by atoms with van der Waals surface area (Å²) in [5, 5.41) is 8.59. The lowest BCUT2D eigenvalue weighted by Crippen LogP contribution is -2.24. The second-order valence-corrected chi connectivity index (χ2v) is 6.69. The van der Waals surface area contributed by atoms with Gasteiger partial charge in [-0.25, -0.2) is 5.43 Å². The monoisotopic (exact) mass is 398 g/mol. The van der Waals surface area contributed by atoms with E-state index in [0.717, 1.165) is 27.1 Å². The SMILES string of the molecule is CCOc1ccccc1OCC(=O)NN=Cc1c2ccccc2cc2ccccc12. The third-order valence-electron chi connectivity index (χ3n) is 4.70. The molecule has 5 nitrogen and oxygen atoms in total. The summed E-state index contributed by atoms with van der Waals surface area (Å²) in [6.07, 6.45) is 1.69. The Kier molecular flexibility index (Phi) is 5.90. The van der Waals surface area contributed by atoms with Crippen LogP contribution in [0.4, 0.5) is 0 Å². The van der Waals surface area contributed by atoms with Gasteiger partial charge in [-0.05, 0) is 46.7 Å². The minimum absolute atomic E-state index is 0.155. The average molecular weight is 398 g/mol. The molecule has 0 atom stereocenters. The molecule has 0 bridgehead atoms. The molecule has 0 saturated carbocycles. The zero-order valence-electron chi connectivity index (χ0n) is 16.7. The van der Waals surface area contributed by atoms with Gasteiger partial charge < -0.3 is 9.47 Å². The normalized spacial score (nSPS) is 11.1. The number of rotatable bonds is 7. The van der Waals surface area contributed by atoms with Crippen molar-refractivity contribution in [3.63, 3.8) is 0 Å². The Balaban J connectivity index is 1.49. The summed E-state index contributed by atoms with van der Waals surface area (Å²) >= 11 is 0. The molecular weight excluding hydrogens is 376 g/mol. The van der Waals surface area contributed by atoms with Crippen LogP contribution in [0.3, 0.4) is 0 Å². The summed E-state index contributed by atoms with van der Waals surface area (Å²) in [4.78, 5) is 12.2. The Morgan fingerprint density at radius 1 is 0.867 bits per heavy atom. The van der Waals surface area contributed by atoms with E-state index >= 15 is 0 Å². The van der Waals surface area contributed by atoms with Crippen molar-refractivity contribution in [2.45, 2.75) is 6.92 Å². The summed E-state index contributed by atoms with van der Waals surface area (Å²) < 4.78 is 11.1. The van der Waals surface area contributed by atoms with E-state index in [9.17, 15) is 4.79 Å². The van der Waals surface area contributed by atoms with Gasteiger partial charge in [-0.3, -0.25) is 4.79 Å². The van der Waals surface area contributed by atoms with Gasteiger partial charge in [-0.1, -0.05) is 60.7 Å². The van der Waals surface area contributed by atoms with Crippen LogP contribution in [0.1, 0.15) is 12.5 Å². The molecule has 0 unspecified atom stereocenters. The Morgan fingerprint density at radius 2 is 1.43 bits per heavy atom. The van der Waals surface area contributed by atoms with E-state index in [1.54, 1.807) is 18.3 Å². The molecule has 1 N–H and O–H groups in total. The van der Waals surface area contributed by atoms with Crippen LogP contribution >= 0.6 is 0 Å². The van der Waals surface area contributed by atoms with E-state index < -0.39 is 0 Å². The van der Waals surface area contributed by atoms with Crippen LogP contribution < -0.4 is 14.9 Å². The van der Waals surface area contributed by atoms with Crippen LogP contribution in [0.2, 0.25) is 0 Å². The highest BCUT2D eigenvalue weighted by atomic mass is 16.5. The predicted octanol–water partition coefficient (Wildman–Crippen LogP) is 4.92. The predicted molar refractivity (Wildman–Crippen MR) is 120 cm³/mol. The first kappa shape index (κ1) is 19.5. The third kappa shape index (κ3) is 4.25. The van der Waals surface area contributed by atoms with Crippen LogP contribution in [0, 0.1) is 0 Å². The minimum Gasteiger partial charge on any atom is -0.490 e. The van der Waals surface area contributed by atoms with Gasteiger partial charge in [-0.2, -0.15) is 5.10 Å². The van der Waals surface area contributed by atoms with Crippen molar-refractivity contribution in [1.29, 1.82) is 0 Å². The number of hydrazone groups is 1. The Hall–Kier alpha value is -3.86. The van der Waals surface area contributed by atoms with Gasteiger partial charge in [-0.15, -0.1) is 0 Å². The molecule has 4 aromatic carbocycles. The first-order chi connectivity index (χ1) is 14.8. The molecule has 4 aromatic rings. The number of hydrogen-bond acceptors (Lipinski definition) is 4. The lowest BCUT2D eigenvalue weighted by atomic mass is 9.97. The van der Waals surface area contributed by atoms with E-state index in [1.807, 2.05) is 43.3 Å². The number of hydrogen-bond donors (Lipinski definition) is 1. The number of benzene rings is 4. The highest BCUT2D eigenvalue weighted by molar-refractivity contribution is 6.13. The van der Waals surface area contributed by atoms with Crippen LogP contribution in [0.15, 0.2) is 84.0 Å². The standard InChI is InChI=1S/C25H22N2O3/c1-2-29-23-13-7-8-14-24(23)30-17-25(28)27-26-16-22-20-11-5-3-9-18(20)15-19-10-4-6-12-21(19)22/h3-16H,2,17H2,1H3,(H,27,28). The van der Waals surface area contributed by atoms with Crippen LogP contribution in [-0.4, -0.2) is 25.3 Å². The van der Waals surface area contributed by atoms with Crippen molar-refractivity contribution >= 4 is 33.7 Å². The average Bonchev–Trinajstić information content (AvgIpc) is 2.78. The number of fused-ring (bicyclic) bond motifs is 2. The quantitative estimate of drug-likeness (QED) is 0.273. The number of nitrogens with zero attached hydrogens (tertiary/aromatic N) is 1. The fourth-order valence-corrected chi connectivity index (χ4v) is 3.38. The number of ether oxygens (including phenoxy) is 2. The van der Waals surface area contributed by atoms with Gasteiger partial charge in [0.25, 0.3) is 5.91 Å². The van der Waals surface area contributed by atoms with Gasteiger partial charge in [0.2, 0.25) is 0 Å². The van der Waals surface area contributed by atoms with Gasteiger partial charge >= 0.3 is 0 Å². The molecule has 150 valence electrons. The molecule has 0 fully saturated rings. The number of para-hydroxylation sites is 2. The number of carbonyl (C=O) groups is 1. The molecule has 0 aliphatic carbocycles. The second-order valence-electron chi connectivity index (χ2n) is 6.69. The molecule has 0 aliphatic rings. The van der Waals surface area contributed by atoms with Crippen LogP contribution in [0.25, 0.3) is 21.5 Å². The molecule has 0 aliphatic heterocycles. The molecule has 5 heteroatoms. The van der Waals surface area contributed by atoms with E-state index in [4.69, 9.17) is 9.47 Å². The maximum Gasteiger partial charge on any atom is 0.277 e. The summed E-state index contributed by atoms with van der Waals surface area (Å²) in [6, 6.07) is 25.7. The van der Waals surface area contributed by atoms with Crippen molar-refractivity contribution in [1.82, 2.24) is 5.43 Å². The summed E-state index contributed by atoms with van der Waals surface area (Å²) in [5.74, 6) is 0.791. The van der Waals surface area contributed by atoms with Crippen molar-refractivity contribution in [2.75, 3.05) is 13.2 Å². The summed E-state index contributed by atoms with van der Waals surface area (Å²) in [7, 11) is 0. The second kappa shape index (κ2) is 9.09. The molecule has 30 heavy (non-hydrogen) atoms. The highest BCUT2D eigenvalue weighted by Crippen LogP contribution is 2.27. The van der Waals surface area contributed by atoms with Crippen LogP contribution in [0.5, 0.6) is 11.5 Å². The topological polar surface area (TPSA) is 59.9 Å². The van der Waals surface area contributed by atoms with Crippen molar-refractivity contribution in [2.24, 2.45) is 5.10 Å². The van der Waals surface area contributed by atoms with Gasteiger partial charge in [0, 0.05) is 5.56 Å². The zero-order chi connectivity index (χ0) is 20.8. The summed E-state index contributed by atoms with van der Waals surface area (Å²) in [6.45, 7) is 2.27. The lowest BCUT2D eigenvalue weighted by molar-refractivity contribution is -0.123. The summed E-state index contributed by atoms with van der Waals surface area (Å²) in [5.41, 5.74) is 3.51. The van der Waals surface area contributed by atoms with Crippen molar-refractivity contribution in [3.8, 4) is 11.5 Å². The maximum absolute atomic E-state index is 12.2. The molecule has 0 radical (unpaired) electrons. The molecule has 1 amide bonds. The van der Waals surface area contributed by atoms with Gasteiger partial charge in [0.05, 0.1) is 12.8 Å². The largest absolute Gasteiger partial charge is 0.490 e. The van der Waals surface area contributed by atoms with E-state index in [0.29, 0.717) is 18.1 Å². The van der Waals surface area contributed by atoms with E-state index in [-0.39, 0.29) is 12.5 Å². The lowest BCUT2D eigenvalue weighted by Gasteiger charge is -2.10. The molecule has 0 heterocycles. The molecule has 4 rings (SSSR count). The Morgan fingerprint density at radius 3 is 2.07 bits per heavy atom. The molecule has 0 aromatic heterocycles.